The van der Waals surface area contributed by atoms with Crippen LogP contribution >= 0.6 is 0 Å². The van der Waals surface area contributed by atoms with Crippen molar-refractivity contribution in [1.29, 1.82) is 0 Å². The first kappa shape index (κ1) is 36.1. The number of Topliss-reactive ketones (excluding diaryl/α,β-unsaturated/α-hetero) is 1. The van der Waals surface area contributed by atoms with Gasteiger partial charge in [-0.1, -0.05) is 69.4 Å². The number of piperidine rings is 1. The summed E-state index contributed by atoms with van der Waals surface area (Å²) in [5, 5.41) is 21.1. The maximum atomic E-state index is 14.0. The molecule has 256 valence electrons. The molecule has 2 aliphatic carbocycles. The number of carbonyl (C=O) groups is 4. The number of hydrogen-bond donors (Lipinski definition) is 4. The van der Waals surface area contributed by atoms with Crippen molar-refractivity contribution in [3.8, 4) is 0 Å². The third kappa shape index (κ3) is 10.4. The van der Waals surface area contributed by atoms with Crippen molar-refractivity contribution in [3.63, 3.8) is 0 Å². The normalized spacial score (nSPS) is 25.0. The van der Waals surface area contributed by atoms with Crippen LogP contribution < -0.4 is 16.0 Å². The fourth-order valence-corrected chi connectivity index (χ4v) is 7.91. The van der Waals surface area contributed by atoms with Gasteiger partial charge in [0.15, 0.2) is 0 Å². The monoisotopic (exact) mass is 638 g/mol. The summed E-state index contributed by atoms with van der Waals surface area (Å²) in [5.74, 6) is -0.136. The van der Waals surface area contributed by atoms with Crippen molar-refractivity contribution < 1.29 is 24.3 Å². The second-order valence-corrected chi connectivity index (χ2v) is 15.5. The summed E-state index contributed by atoms with van der Waals surface area (Å²) in [7, 11) is 0. The zero-order chi connectivity index (χ0) is 33.4. The summed E-state index contributed by atoms with van der Waals surface area (Å²) in [6.07, 6.45) is 8.61. The predicted molar refractivity (Wildman–Crippen MR) is 180 cm³/mol. The second-order valence-electron chi connectivity index (χ2n) is 15.5. The molecule has 0 bridgehead atoms. The van der Waals surface area contributed by atoms with E-state index in [9.17, 15) is 24.3 Å². The Labute approximate surface area is 276 Å². The minimum atomic E-state index is -0.969. The Bertz CT molecular complexity index is 1180. The lowest BCUT2D eigenvalue weighted by Gasteiger charge is -2.47. The molecule has 3 fully saturated rings. The molecule has 0 spiro atoms. The number of likely N-dealkylation sites (tertiary alicyclic amines) is 1. The molecule has 0 radical (unpaired) electrons. The highest BCUT2D eigenvalue weighted by Gasteiger charge is 2.42. The minimum Gasteiger partial charge on any atom is -0.390 e. The Morgan fingerprint density at radius 2 is 1.54 bits per heavy atom. The number of β-amino-alcohol motifs (C(OH)–C–C–N with tert-alkyl or cyclic N) is 1. The number of hydrogen-bond acceptors (Lipinski definition) is 6. The van der Waals surface area contributed by atoms with Gasteiger partial charge in [-0.2, -0.15) is 0 Å². The number of fused-ring (bicyclic) bond motifs is 1. The minimum absolute atomic E-state index is 0.0138. The van der Waals surface area contributed by atoms with Gasteiger partial charge in [0.25, 0.3) is 0 Å². The Morgan fingerprint density at radius 3 is 2.17 bits per heavy atom. The summed E-state index contributed by atoms with van der Waals surface area (Å²) in [5.41, 5.74) is 0.589. The molecule has 9 heteroatoms. The van der Waals surface area contributed by atoms with E-state index in [2.05, 4.69) is 20.9 Å². The van der Waals surface area contributed by atoms with Crippen LogP contribution in [0.2, 0.25) is 0 Å². The number of amides is 3. The molecule has 46 heavy (non-hydrogen) atoms. The van der Waals surface area contributed by atoms with Crippen LogP contribution in [0.25, 0.3) is 0 Å². The number of aliphatic hydroxyl groups is 1. The number of ketones is 1. The van der Waals surface area contributed by atoms with Gasteiger partial charge in [-0.3, -0.25) is 19.3 Å². The van der Waals surface area contributed by atoms with Crippen LogP contribution in [-0.2, 0) is 25.6 Å². The number of carbonyl (C=O) groups excluding carboxylic acids is 4. The number of rotatable bonds is 13. The van der Waals surface area contributed by atoms with E-state index in [4.69, 9.17) is 0 Å². The van der Waals surface area contributed by atoms with Crippen LogP contribution in [-0.4, -0.2) is 76.4 Å². The SMILES string of the molecule is CC(=O)CC(C)[C@H](NC(=O)C1CCCC1)C(=O)N[C@@H](Cc1ccccc1)[C@H](O)CN1CC2CCCC[C@H]2C[C@H]1C(=O)NC(C)(C)C. The van der Waals surface area contributed by atoms with Gasteiger partial charge in [0.05, 0.1) is 18.2 Å². The Balaban J connectivity index is 1.55. The third-order valence-electron chi connectivity index (χ3n) is 10.3. The molecule has 4 rings (SSSR count). The quantitative estimate of drug-likeness (QED) is 0.257. The van der Waals surface area contributed by atoms with Gasteiger partial charge >= 0.3 is 0 Å². The highest BCUT2D eigenvalue weighted by atomic mass is 16.3. The summed E-state index contributed by atoms with van der Waals surface area (Å²) in [6, 6.07) is 7.81. The smallest absolute Gasteiger partial charge is 0.243 e. The summed E-state index contributed by atoms with van der Waals surface area (Å²) < 4.78 is 0. The lowest BCUT2D eigenvalue weighted by atomic mass is 9.72. The molecule has 3 amide bonds. The molecule has 7 atom stereocenters. The van der Waals surface area contributed by atoms with E-state index in [1.54, 1.807) is 0 Å². The third-order valence-corrected chi connectivity index (χ3v) is 10.3. The summed E-state index contributed by atoms with van der Waals surface area (Å²) in [6.45, 7) is 10.2. The highest BCUT2D eigenvalue weighted by molar-refractivity contribution is 5.89. The summed E-state index contributed by atoms with van der Waals surface area (Å²) in [4.78, 5) is 55.0. The van der Waals surface area contributed by atoms with Crippen LogP contribution in [0.15, 0.2) is 30.3 Å². The first-order chi connectivity index (χ1) is 21.8. The lowest BCUT2D eigenvalue weighted by molar-refractivity contribution is -0.134. The molecule has 2 saturated carbocycles. The van der Waals surface area contributed by atoms with Gasteiger partial charge in [0, 0.05) is 31.0 Å². The first-order valence-electron chi connectivity index (χ1n) is 17.7. The van der Waals surface area contributed by atoms with Crippen LogP contribution in [0.3, 0.4) is 0 Å². The Hall–Kier alpha value is -2.78. The fourth-order valence-electron chi connectivity index (χ4n) is 7.91. The van der Waals surface area contributed by atoms with Gasteiger partial charge in [-0.05, 0) is 83.1 Å². The molecule has 1 aliphatic heterocycles. The van der Waals surface area contributed by atoms with Gasteiger partial charge in [-0.15, -0.1) is 0 Å². The predicted octanol–water partition coefficient (Wildman–Crippen LogP) is 4.16. The van der Waals surface area contributed by atoms with E-state index in [0.717, 1.165) is 57.1 Å². The zero-order valence-electron chi connectivity index (χ0n) is 28.7. The molecular weight excluding hydrogens is 580 g/mol. The second kappa shape index (κ2) is 16.4. The number of nitrogens with one attached hydrogen (secondary N) is 3. The first-order valence-corrected chi connectivity index (χ1v) is 17.7. The number of nitrogens with zero attached hydrogens (tertiary/aromatic N) is 1. The molecule has 2 unspecified atom stereocenters. The summed E-state index contributed by atoms with van der Waals surface area (Å²) >= 11 is 0. The van der Waals surface area contributed by atoms with Crippen molar-refractivity contribution in [3.05, 3.63) is 35.9 Å². The van der Waals surface area contributed by atoms with E-state index in [1.165, 1.54) is 19.8 Å². The van der Waals surface area contributed by atoms with Crippen molar-refractivity contribution in [1.82, 2.24) is 20.9 Å². The van der Waals surface area contributed by atoms with Crippen molar-refractivity contribution in [2.24, 2.45) is 23.7 Å². The molecule has 3 aliphatic rings. The van der Waals surface area contributed by atoms with Crippen molar-refractivity contribution in [2.75, 3.05) is 13.1 Å². The number of benzene rings is 1. The average molecular weight is 639 g/mol. The molecule has 4 N–H and O–H groups in total. The molecule has 9 nitrogen and oxygen atoms in total. The highest BCUT2D eigenvalue weighted by Crippen LogP contribution is 2.39. The zero-order valence-corrected chi connectivity index (χ0v) is 28.7. The number of aliphatic hydroxyl groups excluding tert-OH is 1. The van der Waals surface area contributed by atoms with Crippen LogP contribution in [0.1, 0.15) is 104 Å². The lowest BCUT2D eigenvalue weighted by Crippen LogP contribution is -2.61. The van der Waals surface area contributed by atoms with Gasteiger partial charge in [-0.25, -0.2) is 0 Å². The molecule has 1 aromatic rings. The topological polar surface area (TPSA) is 128 Å². The maximum Gasteiger partial charge on any atom is 0.243 e. The Kier molecular flexibility index (Phi) is 12.8. The van der Waals surface area contributed by atoms with Crippen molar-refractivity contribution in [2.45, 2.75) is 135 Å². The molecule has 0 aromatic heterocycles. The van der Waals surface area contributed by atoms with Crippen LogP contribution in [0, 0.1) is 23.7 Å². The van der Waals surface area contributed by atoms with E-state index in [1.807, 2.05) is 58.0 Å². The van der Waals surface area contributed by atoms with E-state index in [-0.39, 0.29) is 48.1 Å². The molecule has 1 heterocycles. The van der Waals surface area contributed by atoms with Gasteiger partial charge < -0.3 is 25.9 Å². The van der Waals surface area contributed by atoms with Crippen LogP contribution in [0.5, 0.6) is 0 Å². The molecule has 1 saturated heterocycles. The van der Waals surface area contributed by atoms with E-state index >= 15 is 0 Å². The molecule has 1 aromatic carbocycles. The van der Waals surface area contributed by atoms with Gasteiger partial charge in [0.2, 0.25) is 17.7 Å². The van der Waals surface area contributed by atoms with Crippen molar-refractivity contribution >= 4 is 23.5 Å². The standard InChI is InChI=1S/C37H58N4O5/c1-24(19-25(2)42)33(39-34(44)27-15-9-10-16-27)36(46)38-30(20-26-13-7-6-8-14-26)32(43)23-41-22-29-18-12-11-17-28(29)21-31(41)35(45)40-37(3,4)5/h6-8,13-14,24,27-33,43H,9-12,15-23H2,1-5H3,(H,38,46)(H,39,44)(H,40,45)/t24?,28-,29?,30-,31-,32+,33-/m0/s1. The largest absolute Gasteiger partial charge is 0.390 e. The van der Waals surface area contributed by atoms with E-state index < -0.39 is 30.0 Å². The average Bonchev–Trinajstić information content (AvgIpc) is 3.54. The maximum absolute atomic E-state index is 14.0. The van der Waals surface area contributed by atoms with Gasteiger partial charge in [0.1, 0.15) is 11.8 Å². The molecular formula is C37H58N4O5. The van der Waals surface area contributed by atoms with Crippen LogP contribution in [0.4, 0.5) is 0 Å². The fraction of sp³-hybridized carbons (Fsp3) is 0.730. The van der Waals surface area contributed by atoms with E-state index in [0.29, 0.717) is 18.3 Å². The Morgan fingerprint density at radius 1 is 0.913 bits per heavy atom.